The molecule has 0 unspecified atom stereocenters. The van der Waals surface area contributed by atoms with Crippen molar-refractivity contribution in [3.8, 4) is 46.1 Å². The van der Waals surface area contributed by atoms with Gasteiger partial charge in [-0.1, -0.05) is 0 Å². The van der Waals surface area contributed by atoms with Gasteiger partial charge in [-0.25, -0.2) is 9.97 Å². The van der Waals surface area contributed by atoms with Gasteiger partial charge in [0.2, 0.25) is 11.8 Å². The first-order chi connectivity index (χ1) is 20.3. The Balaban J connectivity index is 1.43. The molecular weight excluding hydrogens is 632 g/mol. The first kappa shape index (κ1) is 30.4. The van der Waals surface area contributed by atoms with E-state index in [1.54, 1.807) is 0 Å². The summed E-state index contributed by atoms with van der Waals surface area (Å²) in [6, 6.07) is 1.31. The van der Waals surface area contributed by atoms with Crippen LogP contribution in [0.5, 0.6) is 0 Å². The average molecular weight is 640 g/mol. The van der Waals surface area contributed by atoms with Crippen LogP contribution in [0.4, 0.5) is 52.7 Å². The molecule has 0 saturated heterocycles. The maximum absolute atomic E-state index is 13.2. The van der Waals surface area contributed by atoms with Gasteiger partial charge in [0, 0.05) is 11.1 Å². The minimum Gasteiger partial charge on any atom is -0.415 e. The van der Waals surface area contributed by atoms with Gasteiger partial charge in [0.1, 0.15) is 11.4 Å². The van der Waals surface area contributed by atoms with Crippen LogP contribution >= 0.6 is 0 Å². The molecule has 0 atom stereocenters. The Bertz CT molecular complexity index is 1620. The van der Waals surface area contributed by atoms with Crippen LogP contribution < -0.4 is 0 Å². The van der Waals surface area contributed by atoms with Crippen molar-refractivity contribution < 1.29 is 61.5 Å². The summed E-state index contributed by atoms with van der Waals surface area (Å²) >= 11 is 0. The topological polar surface area (TPSA) is 104 Å². The number of halogens is 12. The molecule has 0 aliphatic heterocycles. The monoisotopic (exact) mass is 640 g/mol. The van der Waals surface area contributed by atoms with Gasteiger partial charge in [0.15, 0.2) is 0 Å². The molecule has 5 rings (SSSR count). The normalized spacial score (nSPS) is 13.0. The Morgan fingerprint density at radius 3 is 0.909 bits per heavy atom. The molecule has 5 aromatic rings. The summed E-state index contributed by atoms with van der Waals surface area (Å²) in [6.07, 6.45) is -18.7. The Kier molecular flexibility index (Phi) is 7.12. The molecule has 8 nitrogen and oxygen atoms in total. The van der Waals surface area contributed by atoms with Crippen LogP contribution in [0.2, 0.25) is 0 Å². The molecule has 0 N–H and O–H groups in total. The summed E-state index contributed by atoms with van der Waals surface area (Å²) in [6.45, 7) is 0. The first-order valence-corrected chi connectivity index (χ1v) is 11.4. The van der Waals surface area contributed by atoms with Crippen LogP contribution in [0, 0.1) is 0 Å². The molecule has 0 aliphatic rings. The third kappa shape index (κ3) is 6.32. The number of hydrogen-bond donors (Lipinski definition) is 0. The van der Waals surface area contributed by atoms with Crippen molar-refractivity contribution in [1.29, 1.82) is 0 Å². The van der Waals surface area contributed by atoms with Crippen molar-refractivity contribution in [2.24, 2.45) is 0 Å². The van der Waals surface area contributed by atoms with Gasteiger partial charge in [-0.3, -0.25) is 0 Å². The van der Waals surface area contributed by atoms with E-state index in [4.69, 9.17) is 8.83 Å². The Labute approximate surface area is 234 Å². The van der Waals surface area contributed by atoms with E-state index in [9.17, 15) is 52.7 Å². The van der Waals surface area contributed by atoms with Crippen LogP contribution in [0.15, 0.2) is 57.6 Å². The highest BCUT2D eigenvalue weighted by Crippen LogP contribution is 2.40. The molecule has 0 amide bonds. The fraction of sp³-hybridized carbons (Fsp3) is 0.167. The van der Waals surface area contributed by atoms with E-state index in [0.29, 0.717) is 24.3 Å². The summed E-state index contributed by atoms with van der Waals surface area (Å²) in [5.74, 6) is -2.41. The van der Waals surface area contributed by atoms with Crippen LogP contribution in [0.1, 0.15) is 22.3 Å². The largest absolute Gasteiger partial charge is 0.416 e. The summed E-state index contributed by atoms with van der Waals surface area (Å²) in [5, 5.41) is 14.0. The highest BCUT2D eigenvalue weighted by molar-refractivity contribution is 5.61. The molecule has 0 bridgehead atoms. The molecule has 0 fully saturated rings. The molecule has 3 heterocycles. The highest BCUT2D eigenvalue weighted by atomic mass is 19.4. The fourth-order valence-electron chi connectivity index (χ4n) is 3.59. The number of aromatic nitrogens is 6. The van der Waals surface area contributed by atoms with E-state index in [2.05, 4.69) is 30.4 Å². The Hall–Kier alpha value is -5.04. The van der Waals surface area contributed by atoms with E-state index in [1.807, 2.05) is 0 Å². The van der Waals surface area contributed by atoms with Crippen molar-refractivity contribution in [3.05, 3.63) is 71.0 Å². The van der Waals surface area contributed by atoms with E-state index >= 15 is 0 Å². The van der Waals surface area contributed by atoms with Gasteiger partial charge in [0.05, 0.1) is 34.6 Å². The molecule has 3 aromatic heterocycles. The molecule has 20 heteroatoms. The molecule has 0 radical (unpaired) electrons. The van der Waals surface area contributed by atoms with Crippen LogP contribution in [0.25, 0.3) is 46.1 Å². The third-order valence-electron chi connectivity index (χ3n) is 5.61. The molecule has 230 valence electrons. The van der Waals surface area contributed by atoms with Crippen LogP contribution in [-0.4, -0.2) is 30.4 Å². The van der Waals surface area contributed by atoms with E-state index in [-0.39, 0.29) is 23.5 Å². The SMILES string of the molecule is FC(F)(F)c1cc(-c2nnc(-c3cnc(-c4nnc(-c5cc(C(F)(F)F)cc(C(F)(F)F)c5)o4)cn3)o2)cc(C(F)(F)F)c1. The van der Waals surface area contributed by atoms with Gasteiger partial charge in [-0.15, -0.1) is 20.4 Å². The molecule has 44 heavy (non-hydrogen) atoms. The summed E-state index contributed by atoms with van der Waals surface area (Å²) in [4.78, 5) is 7.75. The average Bonchev–Trinajstić information content (AvgIpc) is 3.62. The lowest BCUT2D eigenvalue weighted by atomic mass is 10.0. The minimum absolute atomic E-state index is 0.0871. The second-order valence-electron chi connectivity index (χ2n) is 8.70. The Morgan fingerprint density at radius 1 is 0.386 bits per heavy atom. The standard InChI is InChI=1S/C24H8F12N6O2/c25-21(26,27)11-1-9(2-12(5-11)22(28,29)30)17-39-41-19(43-17)15-7-38-16(8-37-15)20-42-40-18(44-20)10-3-13(23(31,32)33)6-14(4-10)24(34,35)36/h1-8H. The third-order valence-corrected chi connectivity index (χ3v) is 5.61. The lowest BCUT2D eigenvalue weighted by molar-refractivity contribution is -0.144. The zero-order chi connectivity index (χ0) is 32.2. The summed E-state index contributed by atoms with van der Waals surface area (Å²) in [5.41, 5.74) is -8.34. The van der Waals surface area contributed by atoms with Gasteiger partial charge in [-0.2, -0.15) is 52.7 Å². The van der Waals surface area contributed by atoms with Gasteiger partial charge in [-0.05, 0) is 36.4 Å². The number of nitrogens with zero attached hydrogens (tertiary/aromatic N) is 6. The quantitative estimate of drug-likeness (QED) is 0.182. The smallest absolute Gasteiger partial charge is 0.415 e. The van der Waals surface area contributed by atoms with Gasteiger partial charge >= 0.3 is 24.7 Å². The molecule has 0 spiro atoms. The van der Waals surface area contributed by atoms with Crippen LogP contribution in [-0.2, 0) is 24.7 Å². The molecular formula is C24H8F12N6O2. The zero-order valence-corrected chi connectivity index (χ0v) is 20.7. The second kappa shape index (κ2) is 10.3. The van der Waals surface area contributed by atoms with Crippen molar-refractivity contribution in [2.45, 2.75) is 24.7 Å². The first-order valence-electron chi connectivity index (χ1n) is 11.4. The highest BCUT2D eigenvalue weighted by Gasteiger charge is 2.39. The van der Waals surface area contributed by atoms with Crippen molar-refractivity contribution in [3.63, 3.8) is 0 Å². The van der Waals surface area contributed by atoms with E-state index in [1.165, 1.54) is 0 Å². The van der Waals surface area contributed by atoms with Gasteiger partial charge < -0.3 is 8.83 Å². The maximum Gasteiger partial charge on any atom is 0.416 e. The molecule has 0 saturated carbocycles. The predicted molar refractivity (Wildman–Crippen MR) is 119 cm³/mol. The number of hydrogen-bond acceptors (Lipinski definition) is 8. The minimum atomic E-state index is -5.13. The number of alkyl halides is 12. The molecule has 2 aromatic carbocycles. The maximum atomic E-state index is 13.2. The zero-order valence-electron chi connectivity index (χ0n) is 20.7. The second-order valence-corrected chi connectivity index (χ2v) is 8.70. The number of benzene rings is 2. The lowest BCUT2D eigenvalue weighted by Gasteiger charge is -2.12. The predicted octanol–water partition coefficient (Wildman–Crippen LogP) is 7.99. The van der Waals surface area contributed by atoms with E-state index in [0.717, 1.165) is 12.4 Å². The number of rotatable bonds is 4. The molecule has 0 aliphatic carbocycles. The van der Waals surface area contributed by atoms with Crippen LogP contribution in [0.3, 0.4) is 0 Å². The summed E-state index contributed by atoms with van der Waals surface area (Å²) in [7, 11) is 0. The lowest BCUT2D eigenvalue weighted by Crippen LogP contribution is -2.11. The summed E-state index contributed by atoms with van der Waals surface area (Å²) < 4.78 is 168. The van der Waals surface area contributed by atoms with Crippen molar-refractivity contribution in [2.75, 3.05) is 0 Å². The van der Waals surface area contributed by atoms with E-state index < -0.39 is 81.6 Å². The fourth-order valence-corrected chi connectivity index (χ4v) is 3.59. The Morgan fingerprint density at radius 2 is 0.659 bits per heavy atom. The van der Waals surface area contributed by atoms with Gasteiger partial charge in [0.25, 0.3) is 11.8 Å². The van der Waals surface area contributed by atoms with Crippen molar-refractivity contribution in [1.82, 2.24) is 30.4 Å². The van der Waals surface area contributed by atoms with Crippen molar-refractivity contribution >= 4 is 0 Å².